The van der Waals surface area contributed by atoms with Gasteiger partial charge in [-0.05, 0) is 53.1 Å². The highest BCUT2D eigenvalue weighted by molar-refractivity contribution is 6.36. The maximum absolute atomic E-state index is 9.40. The number of nitrogens with zero attached hydrogens (tertiary/aromatic N) is 1. The van der Waals surface area contributed by atoms with Crippen molar-refractivity contribution >= 4 is 35.4 Å². The lowest BCUT2D eigenvalue weighted by atomic mass is 10.0. The lowest BCUT2D eigenvalue weighted by Gasteiger charge is -2.02. The summed E-state index contributed by atoms with van der Waals surface area (Å²) in [5, 5.41) is 10.6. The average molecular weight is 407 g/mol. The van der Waals surface area contributed by atoms with Crippen molar-refractivity contribution in [2.45, 2.75) is 0 Å². The molecule has 4 aromatic rings. The molecule has 0 spiro atoms. The molecular formula is C23H16Cl2N2O. The van der Waals surface area contributed by atoms with Gasteiger partial charge in [0, 0.05) is 10.6 Å². The molecule has 5 heteroatoms. The van der Waals surface area contributed by atoms with Crippen molar-refractivity contribution in [3.05, 3.63) is 94.4 Å². The van der Waals surface area contributed by atoms with Gasteiger partial charge in [0.25, 0.3) is 0 Å². The van der Waals surface area contributed by atoms with E-state index in [-0.39, 0.29) is 5.75 Å². The molecule has 1 aromatic heterocycles. The molecule has 0 aliphatic heterocycles. The van der Waals surface area contributed by atoms with Gasteiger partial charge < -0.3 is 10.1 Å². The van der Waals surface area contributed by atoms with Crippen LogP contribution in [-0.2, 0) is 0 Å². The second-order valence-electron chi connectivity index (χ2n) is 6.31. The number of aromatic nitrogens is 2. The van der Waals surface area contributed by atoms with Crippen LogP contribution in [0.25, 0.3) is 34.5 Å². The van der Waals surface area contributed by atoms with Crippen LogP contribution in [0.3, 0.4) is 0 Å². The van der Waals surface area contributed by atoms with Crippen molar-refractivity contribution in [1.82, 2.24) is 9.97 Å². The molecule has 0 amide bonds. The number of H-pyrrole nitrogens is 1. The number of phenols is 1. The fourth-order valence-electron chi connectivity index (χ4n) is 2.88. The molecule has 138 valence electrons. The van der Waals surface area contributed by atoms with Crippen LogP contribution in [-0.4, -0.2) is 15.1 Å². The molecule has 0 aliphatic carbocycles. The highest BCUT2D eigenvalue weighted by atomic mass is 35.5. The Labute approximate surface area is 172 Å². The van der Waals surface area contributed by atoms with Crippen LogP contribution >= 0.6 is 23.2 Å². The third kappa shape index (κ3) is 4.11. The Morgan fingerprint density at radius 2 is 1.50 bits per heavy atom. The summed E-state index contributed by atoms with van der Waals surface area (Å²) in [6.07, 6.45) is 5.66. The quantitative estimate of drug-likeness (QED) is 0.386. The minimum atomic E-state index is 0.265. The molecule has 0 unspecified atom stereocenters. The van der Waals surface area contributed by atoms with E-state index in [9.17, 15) is 5.11 Å². The van der Waals surface area contributed by atoms with E-state index < -0.39 is 0 Å². The van der Waals surface area contributed by atoms with Crippen LogP contribution in [0, 0.1) is 0 Å². The largest absolute Gasteiger partial charge is 0.508 e. The van der Waals surface area contributed by atoms with E-state index in [4.69, 9.17) is 23.2 Å². The predicted molar refractivity (Wildman–Crippen MR) is 117 cm³/mol. The third-order valence-corrected chi connectivity index (χ3v) is 4.91. The number of benzene rings is 3. The SMILES string of the molecule is Oc1ccc(-c2ccc(/C=C/c3ncc(-c4ccc(Cl)cc4Cl)[nH]3)cc2)cc1. The van der Waals surface area contributed by atoms with E-state index in [1.165, 1.54) is 0 Å². The molecule has 4 rings (SSSR count). The van der Waals surface area contributed by atoms with E-state index in [2.05, 4.69) is 9.97 Å². The van der Waals surface area contributed by atoms with Crippen LogP contribution in [0.5, 0.6) is 5.75 Å². The van der Waals surface area contributed by atoms with Crippen LogP contribution in [0.15, 0.2) is 72.9 Å². The smallest absolute Gasteiger partial charge is 0.130 e. The summed E-state index contributed by atoms with van der Waals surface area (Å²) in [5.41, 5.74) is 4.91. The number of halogens is 2. The first-order valence-electron chi connectivity index (χ1n) is 8.66. The first kappa shape index (κ1) is 18.4. The van der Waals surface area contributed by atoms with Gasteiger partial charge in [0.15, 0.2) is 0 Å². The van der Waals surface area contributed by atoms with E-state index in [0.29, 0.717) is 10.0 Å². The molecule has 3 nitrogen and oxygen atoms in total. The highest BCUT2D eigenvalue weighted by Crippen LogP contribution is 2.29. The average Bonchev–Trinajstić information content (AvgIpc) is 3.16. The van der Waals surface area contributed by atoms with Crippen LogP contribution in [0.4, 0.5) is 0 Å². The molecule has 0 atom stereocenters. The van der Waals surface area contributed by atoms with Gasteiger partial charge in [0.05, 0.1) is 16.9 Å². The monoisotopic (exact) mass is 406 g/mol. The molecule has 0 saturated carbocycles. The van der Waals surface area contributed by atoms with Gasteiger partial charge >= 0.3 is 0 Å². The van der Waals surface area contributed by atoms with Gasteiger partial charge in [0.2, 0.25) is 0 Å². The van der Waals surface area contributed by atoms with Crippen molar-refractivity contribution in [3.63, 3.8) is 0 Å². The minimum absolute atomic E-state index is 0.265. The Morgan fingerprint density at radius 3 is 2.18 bits per heavy atom. The van der Waals surface area contributed by atoms with Gasteiger partial charge in [-0.1, -0.05) is 65.7 Å². The van der Waals surface area contributed by atoms with Crippen LogP contribution < -0.4 is 0 Å². The summed E-state index contributed by atoms with van der Waals surface area (Å²) < 4.78 is 0. The second kappa shape index (κ2) is 7.93. The fraction of sp³-hybridized carbons (Fsp3) is 0. The molecule has 0 radical (unpaired) electrons. The van der Waals surface area contributed by atoms with Crippen molar-refractivity contribution < 1.29 is 5.11 Å². The number of hydrogen-bond acceptors (Lipinski definition) is 2. The molecular weight excluding hydrogens is 391 g/mol. The number of hydrogen-bond donors (Lipinski definition) is 2. The second-order valence-corrected chi connectivity index (χ2v) is 7.15. The van der Waals surface area contributed by atoms with E-state index in [1.807, 2.05) is 54.6 Å². The topological polar surface area (TPSA) is 48.9 Å². The van der Waals surface area contributed by atoms with Crippen molar-refractivity contribution in [3.8, 4) is 28.1 Å². The molecule has 0 saturated heterocycles. The van der Waals surface area contributed by atoms with Crippen molar-refractivity contribution in [2.75, 3.05) is 0 Å². The van der Waals surface area contributed by atoms with Crippen molar-refractivity contribution in [2.24, 2.45) is 0 Å². The molecule has 3 aromatic carbocycles. The number of aromatic amines is 1. The Morgan fingerprint density at radius 1 is 0.821 bits per heavy atom. The third-order valence-electron chi connectivity index (χ3n) is 4.36. The predicted octanol–water partition coefficient (Wildman–Crippen LogP) is 6.93. The Bertz CT molecular complexity index is 1130. The number of rotatable bonds is 4. The molecule has 0 bridgehead atoms. The lowest BCUT2D eigenvalue weighted by molar-refractivity contribution is 0.475. The fourth-order valence-corrected chi connectivity index (χ4v) is 3.39. The number of aromatic hydroxyl groups is 1. The van der Waals surface area contributed by atoms with Crippen LogP contribution in [0.1, 0.15) is 11.4 Å². The van der Waals surface area contributed by atoms with Crippen LogP contribution in [0.2, 0.25) is 10.0 Å². The number of imidazole rings is 1. The molecule has 0 fully saturated rings. The summed E-state index contributed by atoms with van der Waals surface area (Å²) in [6.45, 7) is 0. The van der Waals surface area contributed by atoms with Gasteiger partial charge in [-0.25, -0.2) is 4.98 Å². The summed E-state index contributed by atoms with van der Waals surface area (Å²) in [5.74, 6) is 1.00. The standard InChI is InChI=1S/C23H16Cl2N2O/c24-18-8-11-20(21(25)13-18)22-14-26-23(27-22)12-3-15-1-4-16(5-2-15)17-6-9-19(28)10-7-17/h1-14,28H,(H,26,27)/b12-3+. The normalized spacial score (nSPS) is 11.2. The van der Waals surface area contributed by atoms with Crippen molar-refractivity contribution in [1.29, 1.82) is 0 Å². The zero-order valence-electron chi connectivity index (χ0n) is 14.7. The lowest BCUT2D eigenvalue weighted by Crippen LogP contribution is -1.81. The molecule has 28 heavy (non-hydrogen) atoms. The minimum Gasteiger partial charge on any atom is -0.508 e. The maximum Gasteiger partial charge on any atom is 0.130 e. The summed E-state index contributed by atoms with van der Waals surface area (Å²) in [7, 11) is 0. The summed E-state index contributed by atoms with van der Waals surface area (Å²) in [4.78, 5) is 7.64. The van der Waals surface area contributed by atoms with Gasteiger partial charge in [-0.15, -0.1) is 0 Å². The number of phenolic OH excluding ortho intramolecular Hbond substituents is 1. The zero-order valence-corrected chi connectivity index (χ0v) is 16.2. The van der Waals surface area contributed by atoms with Gasteiger partial charge in [0.1, 0.15) is 11.6 Å². The zero-order chi connectivity index (χ0) is 19.5. The van der Waals surface area contributed by atoms with Gasteiger partial charge in [-0.2, -0.15) is 0 Å². The highest BCUT2D eigenvalue weighted by Gasteiger charge is 2.07. The summed E-state index contributed by atoms with van der Waals surface area (Å²) in [6, 6.07) is 20.7. The molecule has 2 N–H and O–H groups in total. The summed E-state index contributed by atoms with van der Waals surface area (Å²) >= 11 is 12.2. The Balaban J connectivity index is 1.50. The van der Waals surface area contributed by atoms with E-state index in [1.54, 1.807) is 30.5 Å². The van der Waals surface area contributed by atoms with E-state index >= 15 is 0 Å². The Kier molecular flexibility index (Phi) is 5.20. The first-order chi connectivity index (χ1) is 13.6. The molecule has 0 aliphatic rings. The number of nitrogens with one attached hydrogen (secondary N) is 1. The maximum atomic E-state index is 9.40. The van der Waals surface area contributed by atoms with E-state index in [0.717, 1.165) is 33.8 Å². The molecule has 1 heterocycles. The Hall–Kier alpha value is -3.01. The van der Waals surface area contributed by atoms with Gasteiger partial charge in [-0.3, -0.25) is 0 Å². The first-order valence-corrected chi connectivity index (χ1v) is 9.42.